The summed E-state index contributed by atoms with van der Waals surface area (Å²) in [5.41, 5.74) is 4.04. The van der Waals surface area contributed by atoms with E-state index in [1.807, 2.05) is 35.7 Å². The summed E-state index contributed by atoms with van der Waals surface area (Å²) in [4.78, 5) is 41.8. The molecule has 0 fully saturated rings. The summed E-state index contributed by atoms with van der Waals surface area (Å²) < 4.78 is 28.5. The van der Waals surface area contributed by atoms with Gasteiger partial charge in [0.1, 0.15) is 11.2 Å². The van der Waals surface area contributed by atoms with Gasteiger partial charge in [-0.1, -0.05) is 17.7 Å². The number of halogens is 1. The molecule has 0 aliphatic carbocycles. The molecule has 6 rings (SSSR count). The van der Waals surface area contributed by atoms with E-state index in [0.717, 1.165) is 23.1 Å². The number of anilines is 2. The predicted octanol–water partition coefficient (Wildman–Crippen LogP) is 3.13. The summed E-state index contributed by atoms with van der Waals surface area (Å²) >= 11 is 6.03. The Hall–Kier alpha value is -5.33. The summed E-state index contributed by atoms with van der Waals surface area (Å²) in [7, 11) is -2.18. The Labute approximate surface area is 268 Å². The molecule has 1 atom stereocenters. The number of aromatic nitrogens is 6. The lowest BCUT2D eigenvalue weighted by atomic mass is 10.0. The molecular weight excluding hydrogens is 632 g/mol. The maximum absolute atomic E-state index is 13.7. The van der Waals surface area contributed by atoms with Gasteiger partial charge in [-0.05, 0) is 49.7 Å². The number of sulfonamides is 1. The average molecular weight is 659 g/mol. The molecule has 0 saturated carbocycles. The number of aryl methyl sites for hydroxylation is 1. The number of amides is 1. The van der Waals surface area contributed by atoms with Crippen LogP contribution in [0, 0.1) is 18.3 Å². The van der Waals surface area contributed by atoms with E-state index in [2.05, 4.69) is 26.5 Å². The van der Waals surface area contributed by atoms with E-state index in [1.54, 1.807) is 29.9 Å². The molecule has 0 unspecified atom stereocenters. The zero-order valence-electron chi connectivity index (χ0n) is 25.1. The van der Waals surface area contributed by atoms with Gasteiger partial charge in [-0.25, -0.2) is 32.8 Å². The van der Waals surface area contributed by atoms with Crippen molar-refractivity contribution in [1.29, 1.82) is 5.26 Å². The van der Waals surface area contributed by atoms with E-state index >= 15 is 0 Å². The highest BCUT2D eigenvalue weighted by Crippen LogP contribution is 2.31. The van der Waals surface area contributed by atoms with Crippen molar-refractivity contribution in [2.75, 3.05) is 16.5 Å². The third-order valence-corrected chi connectivity index (χ3v) is 8.26. The highest BCUT2D eigenvalue weighted by atomic mass is 35.5. The molecule has 14 nitrogen and oxygen atoms in total. The Morgan fingerprint density at radius 3 is 2.61 bits per heavy atom. The highest BCUT2D eigenvalue weighted by Gasteiger charge is 2.28. The normalized spacial score (nSPS) is 13.3. The van der Waals surface area contributed by atoms with Crippen LogP contribution >= 0.6 is 11.6 Å². The molecule has 4 aromatic heterocycles. The minimum atomic E-state index is -3.85. The highest BCUT2D eigenvalue weighted by molar-refractivity contribution is 7.89. The maximum atomic E-state index is 13.7. The van der Waals surface area contributed by atoms with E-state index in [9.17, 15) is 18.0 Å². The van der Waals surface area contributed by atoms with Crippen LogP contribution in [-0.4, -0.2) is 49.9 Å². The lowest BCUT2D eigenvalue weighted by Gasteiger charge is -2.23. The standard InChI is InChI=1S/C30H27ClN10O4S/c1-16-9-20(17(2)34-22-6-7-24(31)35-27(22)28(42)38-46(4,44)45)26-21(10-16)29(43)39(3)30(36-26)40-13-19-14-41(37-23(19)15-40)25-8-5-18(11-32)12-33-25/h5-10,12,14,17,34H,13,15H2,1-4H3,(H,38,42)/t17-/m1/s1. The first-order valence-electron chi connectivity index (χ1n) is 14.0. The van der Waals surface area contributed by atoms with Crippen molar-refractivity contribution in [3.8, 4) is 11.9 Å². The van der Waals surface area contributed by atoms with Gasteiger partial charge in [-0.2, -0.15) is 10.4 Å². The summed E-state index contributed by atoms with van der Waals surface area (Å²) in [6, 6.07) is 11.7. The number of carbonyl (C=O) groups excluding carboxylic acids is 1. The number of rotatable bonds is 7. The molecule has 1 amide bonds. The lowest BCUT2D eigenvalue weighted by molar-refractivity contribution is 0.0977. The molecule has 5 aromatic rings. The molecule has 234 valence electrons. The van der Waals surface area contributed by atoms with Gasteiger partial charge in [0.05, 0.1) is 46.7 Å². The van der Waals surface area contributed by atoms with Crippen LogP contribution in [0.2, 0.25) is 5.15 Å². The monoisotopic (exact) mass is 658 g/mol. The number of hydrogen-bond donors (Lipinski definition) is 2. The number of nitrogens with one attached hydrogen (secondary N) is 2. The van der Waals surface area contributed by atoms with Gasteiger partial charge in [0.15, 0.2) is 11.5 Å². The van der Waals surface area contributed by atoms with Gasteiger partial charge in [0.25, 0.3) is 11.5 Å². The third kappa shape index (κ3) is 5.87. The quantitative estimate of drug-likeness (QED) is 0.245. The molecular formula is C30H27ClN10O4S. The van der Waals surface area contributed by atoms with Crippen LogP contribution in [0.3, 0.4) is 0 Å². The number of pyridine rings is 2. The van der Waals surface area contributed by atoms with E-state index in [0.29, 0.717) is 46.9 Å². The molecule has 0 radical (unpaired) electrons. The molecule has 1 aromatic carbocycles. The molecule has 1 aliphatic rings. The first-order chi connectivity index (χ1) is 21.8. The fourth-order valence-corrected chi connectivity index (χ4v) is 5.99. The van der Waals surface area contributed by atoms with Gasteiger partial charge >= 0.3 is 0 Å². The zero-order valence-corrected chi connectivity index (χ0v) is 26.7. The minimum absolute atomic E-state index is 0.0130. The molecule has 5 heterocycles. The molecule has 16 heteroatoms. The molecule has 0 saturated heterocycles. The first-order valence-corrected chi connectivity index (χ1v) is 16.2. The van der Waals surface area contributed by atoms with Crippen LogP contribution in [-0.2, 0) is 30.2 Å². The van der Waals surface area contributed by atoms with E-state index in [4.69, 9.17) is 21.8 Å². The van der Waals surface area contributed by atoms with Crippen molar-refractivity contribution < 1.29 is 13.2 Å². The Morgan fingerprint density at radius 2 is 1.93 bits per heavy atom. The summed E-state index contributed by atoms with van der Waals surface area (Å²) in [5.74, 6) is 0.108. The second-order valence-corrected chi connectivity index (χ2v) is 13.2. The summed E-state index contributed by atoms with van der Waals surface area (Å²) in [6.45, 7) is 4.58. The Morgan fingerprint density at radius 1 is 1.15 bits per heavy atom. The largest absolute Gasteiger partial charge is 0.377 e. The van der Waals surface area contributed by atoms with Crippen LogP contribution in [0.1, 0.15) is 51.4 Å². The number of nitriles is 1. The lowest BCUT2D eigenvalue weighted by Crippen LogP contribution is -2.31. The fraction of sp³-hybridized carbons (Fsp3) is 0.233. The van der Waals surface area contributed by atoms with E-state index in [-0.39, 0.29) is 22.1 Å². The molecule has 0 spiro atoms. The summed E-state index contributed by atoms with van der Waals surface area (Å²) in [5, 5.41) is 17.4. The Balaban J connectivity index is 1.34. The SMILES string of the molecule is Cc1cc([C@@H](C)Nc2ccc(Cl)nc2C(=O)NS(C)(=O)=O)c2nc(N3Cc4cn(-c5ccc(C#N)cn5)nc4C3)n(C)c(=O)c2c1. The van der Waals surface area contributed by atoms with Crippen molar-refractivity contribution in [2.45, 2.75) is 33.0 Å². The topological polar surface area (TPSA) is 181 Å². The second-order valence-electron chi connectivity index (χ2n) is 11.0. The van der Waals surface area contributed by atoms with Crippen LogP contribution in [0.25, 0.3) is 16.7 Å². The van der Waals surface area contributed by atoms with Crippen molar-refractivity contribution in [2.24, 2.45) is 7.05 Å². The molecule has 46 heavy (non-hydrogen) atoms. The molecule has 1 aliphatic heterocycles. The van der Waals surface area contributed by atoms with Crippen LogP contribution in [0.5, 0.6) is 0 Å². The van der Waals surface area contributed by atoms with E-state index < -0.39 is 22.0 Å². The van der Waals surface area contributed by atoms with Gasteiger partial charge < -0.3 is 10.2 Å². The van der Waals surface area contributed by atoms with Gasteiger partial charge in [0, 0.05) is 37.1 Å². The van der Waals surface area contributed by atoms with Crippen molar-refractivity contribution >= 4 is 50.1 Å². The fourth-order valence-electron chi connectivity index (χ4n) is 5.41. The van der Waals surface area contributed by atoms with Gasteiger partial charge in [0.2, 0.25) is 16.0 Å². The Bertz CT molecular complexity index is 2240. The van der Waals surface area contributed by atoms with Crippen LogP contribution in [0.4, 0.5) is 11.6 Å². The second kappa shape index (κ2) is 11.5. The first kappa shape index (κ1) is 30.7. The number of fused-ring (bicyclic) bond motifs is 2. The number of nitrogens with zero attached hydrogens (tertiary/aromatic N) is 8. The van der Waals surface area contributed by atoms with Crippen molar-refractivity contribution in [3.63, 3.8) is 0 Å². The van der Waals surface area contributed by atoms with Crippen molar-refractivity contribution in [1.82, 2.24) is 34.0 Å². The van der Waals surface area contributed by atoms with Gasteiger partial charge in [-0.3, -0.25) is 14.2 Å². The number of benzene rings is 1. The van der Waals surface area contributed by atoms with Crippen molar-refractivity contribution in [3.05, 3.63) is 97.9 Å². The minimum Gasteiger partial charge on any atom is -0.377 e. The summed E-state index contributed by atoms with van der Waals surface area (Å²) in [6.07, 6.45) is 4.24. The molecule has 0 bridgehead atoms. The number of carbonyl (C=O) groups is 1. The Kier molecular flexibility index (Phi) is 7.70. The predicted molar refractivity (Wildman–Crippen MR) is 171 cm³/mol. The third-order valence-electron chi connectivity index (χ3n) is 7.50. The molecule has 2 N–H and O–H groups in total. The average Bonchev–Trinajstić information content (AvgIpc) is 3.59. The van der Waals surface area contributed by atoms with Gasteiger partial charge in [-0.15, -0.1) is 0 Å². The number of hydrogen-bond acceptors (Lipinski definition) is 11. The van der Waals surface area contributed by atoms with E-state index in [1.165, 1.54) is 22.9 Å². The zero-order chi connectivity index (χ0) is 32.9. The van der Waals surface area contributed by atoms with Crippen LogP contribution in [0.15, 0.2) is 53.6 Å². The maximum Gasteiger partial charge on any atom is 0.285 e. The smallest absolute Gasteiger partial charge is 0.285 e. The van der Waals surface area contributed by atoms with Crippen LogP contribution < -0.4 is 20.5 Å².